The van der Waals surface area contributed by atoms with Crippen LogP contribution < -0.4 is 11.1 Å². The standard InChI is InChI=1S/C12H10IN3O2/c13-9-3-1-2-4-10(9)16-11-8(12(17)18)5-7(14)6-15-11/h1-6H,14H2,(H,15,16)(H,17,18). The normalized spacial score (nSPS) is 10.1. The molecule has 0 aliphatic carbocycles. The summed E-state index contributed by atoms with van der Waals surface area (Å²) in [5.74, 6) is -0.788. The van der Waals surface area contributed by atoms with Crippen LogP contribution in [0.5, 0.6) is 0 Å². The van der Waals surface area contributed by atoms with E-state index in [9.17, 15) is 4.79 Å². The third-order valence-electron chi connectivity index (χ3n) is 2.27. The monoisotopic (exact) mass is 355 g/mol. The van der Waals surface area contributed by atoms with Gasteiger partial charge in [-0.25, -0.2) is 9.78 Å². The van der Waals surface area contributed by atoms with Crippen LogP contribution in [-0.4, -0.2) is 16.1 Å². The smallest absolute Gasteiger partial charge is 0.339 e. The third-order valence-corrected chi connectivity index (χ3v) is 3.21. The maximum absolute atomic E-state index is 11.1. The van der Waals surface area contributed by atoms with Gasteiger partial charge in [-0.2, -0.15) is 0 Å². The van der Waals surface area contributed by atoms with E-state index >= 15 is 0 Å². The molecule has 0 saturated carbocycles. The summed E-state index contributed by atoms with van der Waals surface area (Å²) in [6.07, 6.45) is 1.42. The molecule has 2 aromatic rings. The number of nitrogen functional groups attached to an aromatic ring is 1. The van der Waals surface area contributed by atoms with E-state index in [-0.39, 0.29) is 11.4 Å². The summed E-state index contributed by atoms with van der Waals surface area (Å²) in [5.41, 5.74) is 6.71. The Morgan fingerprint density at radius 2 is 2.11 bits per heavy atom. The van der Waals surface area contributed by atoms with Crippen molar-refractivity contribution in [2.45, 2.75) is 0 Å². The zero-order chi connectivity index (χ0) is 13.1. The highest BCUT2D eigenvalue weighted by atomic mass is 127. The maximum Gasteiger partial charge on any atom is 0.339 e. The van der Waals surface area contributed by atoms with Gasteiger partial charge in [0.15, 0.2) is 0 Å². The van der Waals surface area contributed by atoms with Crippen LogP contribution in [0, 0.1) is 3.57 Å². The second-order valence-corrected chi connectivity index (χ2v) is 4.74. The summed E-state index contributed by atoms with van der Waals surface area (Å²) in [4.78, 5) is 15.1. The van der Waals surface area contributed by atoms with Gasteiger partial charge >= 0.3 is 5.97 Å². The fourth-order valence-corrected chi connectivity index (χ4v) is 1.96. The van der Waals surface area contributed by atoms with Gasteiger partial charge in [0.2, 0.25) is 0 Å². The molecule has 2 rings (SSSR count). The number of halogens is 1. The molecular formula is C12H10IN3O2. The minimum Gasteiger partial charge on any atom is -0.478 e. The number of rotatable bonds is 3. The lowest BCUT2D eigenvalue weighted by Gasteiger charge is -2.10. The van der Waals surface area contributed by atoms with E-state index in [0.717, 1.165) is 9.26 Å². The third kappa shape index (κ3) is 2.70. The Morgan fingerprint density at radius 1 is 1.39 bits per heavy atom. The van der Waals surface area contributed by atoms with Gasteiger partial charge in [0.25, 0.3) is 0 Å². The van der Waals surface area contributed by atoms with Crippen molar-refractivity contribution in [2.75, 3.05) is 11.1 Å². The van der Waals surface area contributed by atoms with Crippen LogP contribution in [0.3, 0.4) is 0 Å². The predicted molar refractivity (Wildman–Crippen MR) is 78.1 cm³/mol. The SMILES string of the molecule is Nc1cnc(Nc2ccccc2I)c(C(=O)O)c1. The summed E-state index contributed by atoms with van der Waals surface area (Å²) in [6.45, 7) is 0. The van der Waals surface area contributed by atoms with Crippen molar-refractivity contribution in [1.29, 1.82) is 0 Å². The van der Waals surface area contributed by atoms with Crippen LogP contribution in [-0.2, 0) is 0 Å². The maximum atomic E-state index is 11.1. The van der Waals surface area contributed by atoms with Gasteiger partial charge in [-0.15, -0.1) is 0 Å². The zero-order valence-corrected chi connectivity index (χ0v) is 11.4. The molecule has 0 saturated heterocycles. The van der Waals surface area contributed by atoms with Gasteiger partial charge in [-0.05, 0) is 40.8 Å². The van der Waals surface area contributed by atoms with Crippen LogP contribution in [0.2, 0.25) is 0 Å². The molecule has 18 heavy (non-hydrogen) atoms. The van der Waals surface area contributed by atoms with Gasteiger partial charge in [-0.3, -0.25) is 0 Å². The topological polar surface area (TPSA) is 88.2 Å². The van der Waals surface area contributed by atoms with Crippen molar-refractivity contribution in [3.8, 4) is 0 Å². The number of nitrogens with zero attached hydrogens (tertiary/aromatic N) is 1. The van der Waals surface area contributed by atoms with Crippen molar-refractivity contribution in [1.82, 2.24) is 4.98 Å². The minimum absolute atomic E-state index is 0.0506. The fraction of sp³-hybridized carbons (Fsp3) is 0. The fourth-order valence-electron chi connectivity index (χ4n) is 1.43. The molecular weight excluding hydrogens is 345 g/mol. The summed E-state index contributed by atoms with van der Waals surface area (Å²) in [5, 5.41) is 12.1. The number of pyridine rings is 1. The van der Waals surface area contributed by atoms with E-state index in [1.807, 2.05) is 24.3 Å². The first-order valence-corrected chi connectivity index (χ1v) is 6.16. The number of benzene rings is 1. The molecule has 1 aromatic heterocycles. The Kier molecular flexibility index (Phi) is 3.66. The summed E-state index contributed by atoms with van der Waals surface area (Å²) in [6, 6.07) is 8.92. The summed E-state index contributed by atoms with van der Waals surface area (Å²) >= 11 is 2.16. The van der Waals surface area contributed by atoms with Crippen LogP contribution >= 0.6 is 22.6 Å². The highest BCUT2D eigenvalue weighted by molar-refractivity contribution is 14.1. The molecule has 6 heteroatoms. The molecule has 4 N–H and O–H groups in total. The lowest BCUT2D eigenvalue weighted by atomic mass is 10.2. The Morgan fingerprint density at radius 3 is 2.78 bits per heavy atom. The van der Waals surface area contributed by atoms with E-state index in [0.29, 0.717) is 5.69 Å². The molecule has 5 nitrogen and oxygen atoms in total. The second kappa shape index (κ2) is 5.21. The number of carboxylic acid groups (broad SMARTS) is 1. The molecule has 1 heterocycles. The number of hydrogen-bond donors (Lipinski definition) is 3. The van der Waals surface area contributed by atoms with Crippen LogP contribution in [0.15, 0.2) is 36.5 Å². The van der Waals surface area contributed by atoms with Crippen molar-refractivity contribution < 1.29 is 9.90 Å². The van der Waals surface area contributed by atoms with Crippen LogP contribution in [0.1, 0.15) is 10.4 Å². The number of aromatic nitrogens is 1. The first-order valence-electron chi connectivity index (χ1n) is 5.08. The first-order chi connectivity index (χ1) is 8.58. The molecule has 0 bridgehead atoms. The van der Waals surface area contributed by atoms with E-state index in [2.05, 4.69) is 32.9 Å². The van der Waals surface area contributed by atoms with Gasteiger partial charge in [0.1, 0.15) is 11.4 Å². The van der Waals surface area contributed by atoms with Crippen molar-refractivity contribution >= 4 is 45.8 Å². The highest BCUT2D eigenvalue weighted by Crippen LogP contribution is 2.24. The van der Waals surface area contributed by atoms with Crippen molar-refractivity contribution in [3.63, 3.8) is 0 Å². The molecule has 0 aliphatic heterocycles. The van der Waals surface area contributed by atoms with E-state index in [1.165, 1.54) is 12.3 Å². The molecule has 0 unspecified atom stereocenters. The summed E-state index contributed by atoms with van der Waals surface area (Å²) < 4.78 is 0.977. The number of para-hydroxylation sites is 1. The number of carbonyl (C=O) groups is 1. The number of anilines is 3. The second-order valence-electron chi connectivity index (χ2n) is 3.57. The molecule has 92 valence electrons. The van der Waals surface area contributed by atoms with Crippen LogP contribution in [0.25, 0.3) is 0 Å². The van der Waals surface area contributed by atoms with E-state index in [1.54, 1.807) is 0 Å². The van der Waals surface area contributed by atoms with E-state index < -0.39 is 5.97 Å². The lowest BCUT2D eigenvalue weighted by molar-refractivity contribution is 0.0697. The molecule has 0 atom stereocenters. The highest BCUT2D eigenvalue weighted by Gasteiger charge is 2.12. The number of nitrogens with one attached hydrogen (secondary N) is 1. The minimum atomic E-state index is -1.07. The molecule has 0 fully saturated rings. The largest absolute Gasteiger partial charge is 0.478 e. The average molecular weight is 355 g/mol. The summed E-state index contributed by atoms with van der Waals surface area (Å²) in [7, 11) is 0. The number of hydrogen-bond acceptors (Lipinski definition) is 4. The van der Waals surface area contributed by atoms with E-state index in [4.69, 9.17) is 10.8 Å². The van der Waals surface area contributed by atoms with Crippen LogP contribution in [0.4, 0.5) is 17.2 Å². The number of carboxylic acids is 1. The molecule has 0 spiro atoms. The molecule has 0 aliphatic rings. The zero-order valence-electron chi connectivity index (χ0n) is 9.22. The van der Waals surface area contributed by atoms with Crippen molar-refractivity contribution in [2.24, 2.45) is 0 Å². The van der Waals surface area contributed by atoms with Crippen molar-refractivity contribution in [3.05, 3.63) is 45.7 Å². The lowest BCUT2D eigenvalue weighted by Crippen LogP contribution is -2.06. The Hall–Kier alpha value is -1.83. The Labute approximate surface area is 117 Å². The van der Waals surface area contributed by atoms with Gasteiger partial charge in [0, 0.05) is 3.57 Å². The first kappa shape index (κ1) is 12.6. The van der Waals surface area contributed by atoms with Gasteiger partial charge in [-0.1, -0.05) is 12.1 Å². The number of aromatic carboxylic acids is 1. The molecule has 1 aromatic carbocycles. The van der Waals surface area contributed by atoms with Gasteiger partial charge < -0.3 is 16.2 Å². The Bertz CT molecular complexity index is 602. The number of nitrogens with two attached hydrogens (primary N) is 1. The molecule has 0 radical (unpaired) electrons. The Balaban J connectivity index is 2.41. The predicted octanol–water partition coefficient (Wildman–Crippen LogP) is 2.71. The molecule has 0 amide bonds. The average Bonchev–Trinajstić information content (AvgIpc) is 2.34. The van der Waals surface area contributed by atoms with Gasteiger partial charge in [0.05, 0.1) is 17.6 Å². The quantitative estimate of drug-likeness (QED) is 0.737.